The fourth-order valence-electron chi connectivity index (χ4n) is 1.67. The molecule has 1 aromatic carbocycles. The molecule has 0 fully saturated rings. The van der Waals surface area contributed by atoms with Gasteiger partial charge in [0.15, 0.2) is 0 Å². The standard InChI is InChI=1S/C14H12ClF3N4O4S/c1-13(24,14(16,17)18)11(23)21-10-4-3-8(7-9(10)15)27(25,26)22-12-19-5-2-6-20-12/h2-7,24H,1H3,(H,21,23)(H,19,20,22)/t13-/m1/s1. The minimum atomic E-state index is -5.22. The molecule has 0 unspecified atom stereocenters. The first-order chi connectivity index (χ1) is 12.3. The van der Waals surface area contributed by atoms with Crippen LogP contribution in [0.2, 0.25) is 5.02 Å². The van der Waals surface area contributed by atoms with Gasteiger partial charge in [-0.3, -0.25) is 4.79 Å². The molecule has 13 heteroatoms. The predicted molar refractivity (Wildman–Crippen MR) is 89.6 cm³/mol. The summed E-state index contributed by atoms with van der Waals surface area (Å²) in [6, 6.07) is 4.36. The van der Waals surface area contributed by atoms with Crippen molar-refractivity contribution in [3.05, 3.63) is 41.7 Å². The number of nitrogens with zero attached hydrogens (tertiary/aromatic N) is 2. The molecule has 0 aliphatic carbocycles. The molecule has 2 rings (SSSR count). The van der Waals surface area contributed by atoms with Gasteiger partial charge in [-0.25, -0.2) is 23.1 Å². The van der Waals surface area contributed by atoms with E-state index in [4.69, 9.17) is 11.6 Å². The number of aromatic nitrogens is 2. The number of halogens is 4. The lowest BCUT2D eigenvalue weighted by Crippen LogP contribution is -2.52. The van der Waals surface area contributed by atoms with Crippen LogP contribution in [0.15, 0.2) is 41.6 Å². The average Bonchev–Trinajstić information content (AvgIpc) is 2.56. The molecular formula is C14H12ClF3N4O4S. The smallest absolute Gasteiger partial charge is 0.373 e. The second-order valence-electron chi connectivity index (χ2n) is 5.34. The average molecular weight is 425 g/mol. The largest absolute Gasteiger partial charge is 0.426 e. The zero-order valence-corrected chi connectivity index (χ0v) is 15.0. The van der Waals surface area contributed by atoms with Gasteiger partial charge in [-0.2, -0.15) is 13.2 Å². The van der Waals surface area contributed by atoms with Gasteiger partial charge < -0.3 is 10.4 Å². The van der Waals surface area contributed by atoms with Crippen LogP contribution in [-0.2, 0) is 14.8 Å². The first-order valence-electron chi connectivity index (χ1n) is 7.04. The van der Waals surface area contributed by atoms with E-state index in [2.05, 4.69) is 14.7 Å². The third-order valence-electron chi connectivity index (χ3n) is 3.28. The molecule has 1 atom stereocenters. The summed E-state index contributed by atoms with van der Waals surface area (Å²) < 4.78 is 64.6. The highest BCUT2D eigenvalue weighted by atomic mass is 35.5. The lowest BCUT2D eigenvalue weighted by Gasteiger charge is -2.25. The van der Waals surface area contributed by atoms with Gasteiger partial charge in [0.2, 0.25) is 11.5 Å². The van der Waals surface area contributed by atoms with Gasteiger partial charge in [0, 0.05) is 12.4 Å². The Hall–Kier alpha value is -2.44. The number of rotatable bonds is 5. The van der Waals surface area contributed by atoms with Gasteiger partial charge in [-0.15, -0.1) is 0 Å². The summed E-state index contributed by atoms with van der Waals surface area (Å²) in [6.07, 6.45) is -2.60. The molecule has 0 aliphatic rings. The molecule has 0 aliphatic heterocycles. The summed E-state index contributed by atoms with van der Waals surface area (Å²) in [7, 11) is -4.13. The molecule has 146 valence electrons. The third kappa shape index (κ3) is 4.64. The fourth-order valence-corrected chi connectivity index (χ4v) is 2.94. The van der Waals surface area contributed by atoms with E-state index in [-0.39, 0.29) is 28.5 Å². The first kappa shape index (κ1) is 20.9. The van der Waals surface area contributed by atoms with E-state index in [1.807, 2.05) is 0 Å². The van der Waals surface area contributed by atoms with E-state index in [1.165, 1.54) is 18.5 Å². The van der Waals surface area contributed by atoms with Gasteiger partial charge in [0.05, 0.1) is 15.6 Å². The zero-order chi connectivity index (χ0) is 20.5. The van der Waals surface area contributed by atoms with Crippen LogP contribution in [0.5, 0.6) is 0 Å². The molecule has 1 aromatic heterocycles. The summed E-state index contributed by atoms with van der Waals surface area (Å²) in [5, 5.41) is 10.8. The first-order valence-corrected chi connectivity index (χ1v) is 8.90. The maximum Gasteiger partial charge on any atom is 0.426 e. The Labute approximate surface area is 156 Å². The zero-order valence-electron chi connectivity index (χ0n) is 13.5. The predicted octanol–water partition coefficient (Wildman–Crippen LogP) is 2.18. The molecule has 1 heterocycles. The number of amides is 1. The van der Waals surface area contributed by atoms with E-state index in [1.54, 1.807) is 5.32 Å². The maximum absolute atomic E-state index is 12.7. The number of nitrogens with one attached hydrogen (secondary N) is 2. The number of alkyl halides is 3. The van der Waals surface area contributed by atoms with Crippen LogP contribution < -0.4 is 10.0 Å². The second kappa shape index (κ2) is 7.29. The summed E-state index contributed by atoms with van der Waals surface area (Å²) >= 11 is 5.85. The van der Waals surface area contributed by atoms with Crippen LogP contribution in [0.25, 0.3) is 0 Å². The van der Waals surface area contributed by atoms with Crippen LogP contribution in [0.1, 0.15) is 6.92 Å². The van der Waals surface area contributed by atoms with Crippen LogP contribution in [-0.4, -0.2) is 41.2 Å². The van der Waals surface area contributed by atoms with Crippen molar-refractivity contribution in [1.29, 1.82) is 0 Å². The van der Waals surface area contributed by atoms with Crippen LogP contribution in [0.3, 0.4) is 0 Å². The van der Waals surface area contributed by atoms with Crippen molar-refractivity contribution in [2.24, 2.45) is 0 Å². The molecular weight excluding hydrogens is 413 g/mol. The summed E-state index contributed by atoms with van der Waals surface area (Å²) in [6.45, 7) is 0.277. The highest BCUT2D eigenvalue weighted by molar-refractivity contribution is 7.92. The molecule has 8 nitrogen and oxygen atoms in total. The molecule has 27 heavy (non-hydrogen) atoms. The molecule has 0 spiro atoms. The molecule has 1 amide bonds. The molecule has 0 saturated heterocycles. The van der Waals surface area contributed by atoms with Crippen molar-refractivity contribution >= 4 is 39.2 Å². The van der Waals surface area contributed by atoms with Crippen molar-refractivity contribution in [3.63, 3.8) is 0 Å². The third-order valence-corrected chi connectivity index (χ3v) is 4.92. The maximum atomic E-state index is 12.7. The van der Waals surface area contributed by atoms with E-state index >= 15 is 0 Å². The minimum Gasteiger partial charge on any atom is -0.373 e. The number of anilines is 2. The Morgan fingerprint density at radius 1 is 1.22 bits per heavy atom. The van der Waals surface area contributed by atoms with E-state index in [9.17, 15) is 31.5 Å². The van der Waals surface area contributed by atoms with Crippen molar-refractivity contribution in [1.82, 2.24) is 9.97 Å². The SMILES string of the molecule is C[C@@](O)(C(=O)Nc1ccc(S(=O)(=O)Nc2ncccn2)cc1Cl)C(F)(F)F. The lowest BCUT2D eigenvalue weighted by atomic mass is 10.1. The van der Waals surface area contributed by atoms with E-state index in [0.717, 1.165) is 18.2 Å². The number of carbonyl (C=O) groups is 1. The van der Waals surface area contributed by atoms with E-state index in [0.29, 0.717) is 0 Å². The van der Waals surface area contributed by atoms with E-state index < -0.39 is 27.7 Å². The van der Waals surface area contributed by atoms with Gasteiger partial charge in [-0.05, 0) is 31.2 Å². The van der Waals surface area contributed by atoms with Gasteiger partial charge in [0.1, 0.15) is 0 Å². The Morgan fingerprint density at radius 2 is 1.81 bits per heavy atom. The Kier molecular flexibility index (Phi) is 5.63. The number of benzene rings is 1. The number of hydrogen-bond acceptors (Lipinski definition) is 6. The molecule has 3 N–H and O–H groups in total. The second-order valence-corrected chi connectivity index (χ2v) is 7.43. The number of hydrogen-bond donors (Lipinski definition) is 3. The Balaban J connectivity index is 2.24. The Bertz CT molecular complexity index is 953. The topological polar surface area (TPSA) is 121 Å². The van der Waals surface area contributed by atoms with Gasteiger partial charge >= 0.3 is 6.18 Å². The summed E-state index contributed by atoms with van der Waals surface area (Å²) in [5.41, 5.74) is -3.98. The van der Waals surface area contributed by atoms with Crippen molar-refractivity contribution in [2.45, 2.75) is 23.6 Å². The van der Waals surface area contributed by atoms with Gasteiger partial charge in [-0.1, -0.05) is 11.6 Å². The van der Waals surface area contributed by atoms with Crippen LogP contribution in [0.4, 0.5) is 24.8 Å². The van der Waals surface area contributed by atoms with Crippen LogP contribution >= 0.6 is 11.6 Å². The monoisotopic (exact) mass is 424 g/mol. The van der Waals surface area contributed by atoms with Gasteiger partial charge in [0.25, 0.3) is 15.9 Å². The number of carbonyl (C=O) groups excluding carboxylic acids is 1. The van der Waals surface area contributed by atoms with Crippen LogP contribution in [0, 0.1) is 0 Å². The highest BCUT2D eigenvalue weighted by Gasteiger charge is 2.55. The minimum absolute atomic E-state index is 0.202. The molecule has 0 radical (unpaired) electrons. The normalized spacial score (nSPS) is 14.3. The molecule has 0 saturated carbocycles. The highest BCUT2D eigenvalue weighted by Crippen LogP contribution is 2.32. The lowest BCUT2D eigenvalue weighted by molar-refractivity contribution is -0.242. The number of sulfonamides is 1. The Morgan fingerprint density at radius 3 is 2.33 bits per heavy atom. The molecule has 2 aromatic rings. The van der Waals surface area contributed by atoms with Crippen molar-refractivity contribution in [2.75, 3.05) is 10.0 Å². The summed E-state index contributed by atoms with van der Waals surface area (Å²) in [4.78, 5) is 18.7. The number of aliphatic hydroxyl groups is 1. The molecule has 0 bridgehead atoms. The fraction of sp³-hybridized carbons (Fsp3) is 0.214. The van der Waals surface area contributed by atoms with Crippen molar-refractivity contribution < 1.29 is 31.5 Å². The summed E-state index contributed by atoms with van der Waals surface area (Å²) in [5.74, 6) is -1.98. The quantitative estimate of drug-likeness (QED) is 0.676. The van der Waals surface area contributed by atoms with Crippen molar-refractivity contribution in [3.8, 4) is 0 Å².